The molecule has 0 aliphatic rings. The van der Waals surface area contributed by atoms with Crippen LogP contribution in [0.3, 0.4) is 0 Å². The highest BCUT2D eigenvalue weighted by Crippen LogP contribution is 2.21. The van der Waals surface area contributed by atoms with Gasteiger partial charge in [0.1, 0.15) is 5.54 Å². The highest BCUT2D eigenvalue weighted by molar-refractivity contribution is 7.99. The summed E-state index contributed by atoms with van der Waals surface area (Å²) >= 11 is 1.74. The Kier molecular flexibility index (Phi) is 6.96. The van der Waals surface area contributed by atoms with Crippen molar-refractivity contribution in [2.75, 3.05) is 19.5 Å². The minimum absolute atomic E-state index is 0.257. The van der Waals surface area contributed by atoms with Crippen molar-refractivity contribution in [1.29, 1.82) is 0 Å². The zero-order valence-corrected chi connectivity index (χ0v) is 10.5. The molecule has 0 radical (unpaired) electrons. The fourth-order valence-corrected chi connectivity index (χ4v) is 2.38. The van der Waals surface area contributed by atoms with E-state index in [0.717, 1.165) is 18.8 Å². The molecule has 4 nitrogen and oxygen atoms in total. The third-order valence-corrected chi connectivity index (χ3v) is 3.36. The van der Waals surface area contributed by atoms with E-state index in [4.69, 9.17) is 15.6 Å². The molecule has 15 heavy (non-hydrogen) atoms. The van der Waals surface area contributed by atoms with Crippen LogP contribution < -0.4 is 5.73 Å². The summed E-state index contributed by atoms with van der Waals surface area (Å²) in [5.74, 6) is 0.0388. The van der Waals surface area contributed by atoms with Crippen molar-refractivity contribution in [1.82, 2.24) is 0 Å². The summed E-state index contributed by atoms with van der Waals surface area (Å²) in [7, 11) is 1.68. The molecular weight excluding hydrogens is 214 g/mol. The van der Waals surface area contributed by atoms with Gasteiger partial charge in [-0.05, 0) is 25.5 Å². The van der Waals surface area contributed by atoms with Crippen LogP contribution in [0.1, 0.15) is 26.7 Å². The minimum atomic E-state index is -1.12. The van der Waals surface area contributed by atoms with Crippen LogP contribution in [0.2, 0.25) is 0 Å². The van der Waals surface area contributed by atoms with Crippen LogP contribution >= 0.6 is 11.8 Å². The van der Waals surface area contributed by atoms with E-state index >= 15 is 0 Å². The quantitative estimate of drug-likeness (QED) is 0.621. The predicted octanol–water partition coefficient (Wildman–Crippen LogP) is 1.34. The molecule has 0 aromatic carbocycles. The molecule has 0 aliphatic heterocycles. The second-order valence-electron chi connectivity index (χ2n) is 3.95. The van der Waals surface area contributed by atoms with Crippen molar-refractivity contribution in [2.24, 2.45) is 5.73 Å². The molecule has 2 atom stereocenters. The number of rotatable bonds is 8. The topological polar surface area (TPSA) is 72.5 Å². The van der Waals surface area contributed by atoms with Gasteiger partial charge in [0.05, 0.1) is 0 Å². The summed E-state index contributed by atoms with van der Waals surface area (Å²) in [6, 6.07) is 0. The molecule has 0 heterocycles. The molecule has 0 fully saturated rings. The van der Waals surface area contributed by atoms with Gasteiger partial charge in [-0.25, -0.2) is 0 Å². The van der Waals surface area contributed by atoms with E-state index in [-0.39, 0.29) is 5.25 Å². The smallest absolute Gasteiger partial charge is 0.323 e. The van der Waals surface area contributed by atoms with Gasteiger partial charge in [0.15, 0.2) is 0 Å². The third kappa shape index (κ3) is 6.76. The molecule has 0 spiro atoms. The van der Waals surface area contributed by atoms with E-state index in [0.29, 0.717) is 6.42 Å². The fourth-order valence-electron chi connectivity index (χ4n) is 1.23. The predicted molar refractivity (Wildman–Crippen MR) is 63.3 cm³/mol. The van der Waals surface area contributed by atoms with Crippen LogP contribution in [-0.4, -0.2) is 41.3 Å². The highest BCUT2D eigenvalue weighted by atomic mass is 32.2. The van der Waals surface area contributed by atoms with Gasteiger partial charge in [0, 0.05) is 19.0 Å². The Labute approximate surface area is 95.6 Å². The molecule has 0 aromatic rings. The first-order chi connectivity index (χ1) is 6.90. The van der Waals surface area contributed by atoms with Crippen molar-refractivity contribution in [3.63, 3.8) is 0 Å². The van der Waals surface area contributed by atoms with Gasteiger partial charge in [-0.2, -0.15) is 11.8 Å². The first-order valence-corrected chi connectivity index (χ1v) is 6.08. The zero-order valence-electron chi connectivity index (χ0n) is 9.66. The van der Waals surface area contributed by atoms with E-state index in [9.17, 15) is 4.79 Å². The zero-order chi connectivity index (χ0) is 11.9. The Bertz CT molecular complexity index is 197. The Morgan fingerprint density at radius 2 is 2.27 bits per heavy atom. The molecule has 0 saturated carbocycles. The van der Waals surface area contributed by atoms with E-state index in [2.05, 4.69) is 0 Å². The van der Waals surface area contributed by atoms with Gasteiger partial charge in [-0.3, -0.25) is 4.79 Å². The number of carboxylic acids is 1. The molecule has 0 amide bonds. The Morgan fingerprint density at radius 3 is 2.73 bits per heavy atom. The molecule has 0 aliphatic carbocycles. The summed E-state index contributed by atoms with van der Waals surface area (Å²) in [6.45, 7) is 4.31. The van der Waals surface area contributed by atoms with Gasteiger partial charge in [-0.15, -0.1) is 0 Å². The number of thioether (sulfide) groups is 1. The van der Waals surface area contributed by atoms with Crippen molar-refractivity contribution < 1.29 is 14.6 Å². The van der Waals surface area contributed by atoms with Crippen LogP contribution in [0.25, 0.3) is 0 Å². The molecule has 0 bridgehead atoms. The van der Waals surface area contributed by atoms with E-state index < -0.39 is 11.5 Å². The molecule has 0 aromatic heterocycles. The van der Waals surface area contributed by atoms with Gasteiger partial charge < -0.3 is 15.6 Å². The van der Waals surface area contributed by atoms with Gasteiger partial charge in [-0.1, -0.05) is 6.92 Å². The number of nitrogens with two attached hydrogens (primary N) is 1. The van der Waals surface area contributed by atoms with Crippen LogP contribution in [0.15, 0.2) is 0 Å². The van der Waals surface area contributed by atoms with E-state index in [1.807, 2.05) is 6.92 Å². The third-order valence-electron chi connectivity index (χ3n) is 2.10. The second-order valence-corrected chi connectivity index (χ2v) is 5.50. The summed E-state index contributed by atoms with van der Waals surface area (Å²) in [6.07, 6.45) is 1.47. The standard InChI is InChI=1S/C10H21NO3S/c1-8(15-6-4-5-14-3)7-10(2,11)9(12)13/h8H,4-7,11H2,1-3H3,(H,12,13). The van der Waals surface area contributed by atoms with Gasteiger partial charge >= 0.3 is 5.97 Å². The average Bonchev–Trinajstić information content (AvgIpc) is 2.11. The summed E-state index contributed by atoms with van der Waals surface area (Å²) in [4.78, 5) is 10.8. The van der Waals surface area contributed by atoms with Crippen molar-refractivity contribution in [3.8, 4) is 0 Å². The Hall–Kier alpha value is -0.260. The summed E-state index contributed by atoms with van der Waals surface area (Å²) in [5, 5.41) is 9.10. The largest absolute Gasteiger partial charge is 0.480 e. The number of aliphatic carboxylic acids is 1. The summed E-state index contributed by atoms with van der Waals surface area (Å²) in [5.41, 5.74) is 4.54. The first kappa shape index (κ1) is 14.7. The lowest BCUT2D eigenvalue weighted by atomic mass is 9.98. The van der Waals surface area contributed by atoms with Gasteiger partial charge in [0.25, 0.3) is 0 Å². The lowest BCUT2D eigenvalue weighted by molar-refractivity contribution is -0.142. The number of ether oxygens (including phenoxy) is 1. The molecular formula is C10H21NO3S. The monoisotopic (exact) mass is 235 g/mol. The van der Waals surface area contributed by atoms with Crippen molar-refractivity contribution in [2.45, 2.75) is 37.5 Å². The number of methoxy groups -OCH3 is 1. The number of carboxylic acid groups (broad SMARTS) is 1. The van der Waals surface area contributed by atoms with E-state index in [1.165, 1.54) is 0 Å². The Morgan fingerprint density at radius 1 is 1.67 bits per heavy atom. The van der Waals surface area contributed by atoms with Gasteiger partial charge in [0.2, 0.25) is 0 Å². The van der Waals surface area contributed by atoms with Crippen LogP contribution in [-0.2, 0) is 9.53 Å². The molecule has 0 saturated heterocycles. The normalized spacial score (nSPS) is 17.1. The Balaban J connectivity index is 3.73. The number of hydrogen-bond donors (Lipinski definition) is 2. The molecule has 0 rings (SSSR count). The minimum Gasteiger partial charge on any atom is -0.480 e. The summed E-state index contributed by atoms with van der Waals surface area (Å²) < 4.78 is 4.93. The van der Waals surface area contributed by atoms with Crippen molar-refractivity contribution in [3.05, 3.63) is 0 Å². The molecule has 5 heteroatoms. The molecule has 3 N–H and O–H groups in total. The van der Waals surface area contributed by atoms with E-state index in [1.54, 1.807) is 25.8 Å². The van der Waals surface area contributed by atoms with Crippen LogP contribution in [0, 0.1) is 0 Å². The maximum Gasteiger partial charge on any atom is 0.323 e. The lowest BCUT2D eigenvalue weighted by Gasteiger charge is -2.23. The first-order valence-electron chi connectivity index (χ1n) is 5.03. The number of carbonyl (C=O) groups is 1. The lowest BCUT2D eigenvalue weighted by Crippen LogP contribution is -2.46. The number of hydrogen-bond acceptors (Lipinski definition) is 4. The average molecular weight is 235 g/mol. The highest BCUT2D eigenvalue weighted by Gasteiger charge is 2.29. The maximum absolute atomic E-state index is 10.8. The molecule has 90 valence electrons. The maximum atomic E-state index is 10.8. The van der Waals surface area contributed by atoms with Crippen LogP contribution in [0.5, 0.6) is 0 Å². The fraction of sp³-hybridized carbons (Fsp3) is 0.900. The molecule has 2 unspecified atom stereocenters. The second kappa shape index (κ2) is 7.09. The van der Waals surface area contributed by atoms with Crippen molar-refractivity contribution >= 4 is 17.7 Å². The van der Waals surface area contributed by atoms with Crippen LogP contribution in [0.4, 0.5) is 0 Å². The SMILES string of the molecule is COCCCSC(C)CC(C)(N)C(=O)O.